The molecule has 3 nitrogen and oxygen atoms in total. The van der Waals surface area contributed by atoms with Gasteiger partial charge in [-0.3, -0.25) is 0 Å². The highest BCUT2D eigenvalue weighted by Gasteiger charge is 1.97. The Balaban J connectivity index is 0. The van der Waals surface area contributed by atoms with Crippen LogP contribution in [-0.2, 0) is 4.57 Å². The van der Waals surface area contributed by atoms with Gasteiger partial charge < -0.3 is 9.79 Å². The summed E-state index contributed by atoms with van der Waals surface area (Å²) in [5.74, 6) is 0. The molecule has 0 unspecified atom stereocenters. The molecule has 0 heterocycles. The first-order valence-corrected chi connectivity index (χ1v) is 5.97. The summed E-state index contributed by atoms with van der Waals surface area (Å²) in [4.78, 5) is 14.8. The molecule has 10 heavy (non-hydrogen) atoms. The maximum Gasteiger partial charge on any atom is 0.380 e. The molecule has 0 aliphatic heterocycles. The molecule has 0 saturated carbocycles. The zero-order valence-corrected chi connectivity index (χ0v) is 8.54. The number of hydrogen-bond donors (Lipinski definition) is 3. The predicted octanol–water partition coefficient (Wildman–Crippen LogP) is 2.21. The van der Waals surface area contributed by atoms with E-state index >= 15 is 0 Å². The standard InChI is InChI=1S/C3H6Cl2.H3O3PS/c1-2-3(4)5;1-4(2,3)5/h3H,2H2,1H3;(H3,1,2,3,5). The van der Waals surface area contributed by atoms with Crippen molar-refractivity contribution in [3.05, 3.63) is 0 Å². The Bertz CT molecular complexity index is 106. The number of hydrogen-bond acceptors (Lipinski definition) is 1. The fourth-order valence-electron chi connectivity index (χ4n) is 0. The van der Waals surface area contributed by atoms with Crippen molar-refractivity contribution in [2.24, 2.45) is 0 Å². The van der Waals surface area contributed by atoms with Crippen LogP contribution >= 0.6 is 42.2 Å². The third-order valence-electron chi connectivity index (χ3n) is 0.309. The predicted molar refractivity (Wildman–Crippen MR) is 46.8 cm³/mol. The van der Waals surface area contributed by atoms with Gasteiger partial charge in [-0.15, -0.1) is 23.2 Å². The van der Waals surface area contributed by atoms with Gasteiger partial charge in [0.1, 0.15) is 4.84 Å². The van der Waals surface area contributed by atoms with E-state index in [0.717, 1.165) is 6.42 Å². The highest BCUT2D eigenvalue weighted by molar-refractivity contribution is 8.43. The molecule has 0 atom stereocenters. The molecule has 0 aromatic heterocycles. The molecule has 0 aromatic rings. The van der Waals surface area contributed by atoms with Gasteiger partial charge in [-0.2, -0.15) is 0 Å². The second kappa shape index (κ2) is 6.77. The molecule has 0 radical (unpaired) electrons. The first kappa shape index (κ1) is 13.7. The normalized spacial score (nSPS) is 10.7. The van der Waals surface area contributed by atoms with Crippen molar-refractivity contribution in [3.63, 3.8) is 0 Å². The van der Waals surface area contributed by atoms with Crippen molar-refractivity contribution in [2.75, 3.05) is 0 Å². The monoisotopic (exact) mass is 226 g/mol. The van der Waals surface area contributed by atoms with E-state index in [1.807, 2.05) is 6.92 Å². The van der Waals surface area contributed by atoms with E-state index < -0.39 is 6.80 Å². The SMILES string of the molecule is CCC(Cl)Cl.O=P(O)(O)S. The Morgan fingerprint density at radius 1 is 1.60 bits per heavy atom. The minimum absolute atomic E-state index is 0.171. The molecule has 0 aliphatic rings. The van der Waals surface area contributed by atoms with E-state index in [9.17, 15) is 4.57 Å². The zero-order valence-electron chi connectivity index (χ0n) is 5.24. The second-order valence-corrected chi connectivity index (χ2v) is 5.18. The number of rotatable bonds is 1. The van der Waals surface area contributed by atoms with Crippen molar-refractivity contribution in [1.82, 2.24) is 0 Å². The van der Waals surface area contributed by atoms with Crippen LogP contribution in [0.5, 0.6) is 0 Å². The van der Waals surface area contributed by atoms with Crippen LogP contribution in [0.4, 0.5) is 0 Å². The van der Waals surface area contributed by atoms with E-state index in [2.05, 4.69) is 12.2 Å². The quantitative estimate of drug-likeness (QED) is 0.365. The summed E-state index contributed by atoms with van der Waals surface area (Å²) >= 11 is 13.2. The molecule has 0 aliphatic carbocycles. The Hall–Kier alpha value is 1.08. The molecule has 64 valence electrons. The number of halogens is 2. The van der Waals surface area contributed by atoms with Crippen LogP contribution in [0.1, 0.15) is 13.3 Å². The third-order valence-corrected chi connectivity index (χ3v) is 0.926. The topological polar surface area (TPSA) is 57.5 Å². The molecule has 0 bridgehead atoms. The van der Waals surface area contributed by atoms with Gasteiger partial charge >= 0.3 is 6.80 Å². The van der Waals surface area contributed by atoms with Crippen molar-refractivity contribution >= 4 is 42.2 Å². The Morgan fingerprint density at radius 3 is 1.70 bits per heavy atom. The molecule has 0 amide bonds. The summed E-state index contributed by atoms with van der Waals surface area (Å²) in [5, 5.41) is 0. The van der Waals surface area contributed by atoms with Crippen molar-refractivity contribution in [2.45, 2.75) is 18.2 Å². The average Bonchev–Trinajstić information content (AvgIpc) is 1.61. The molecule has 0 fully saturated rings. The second-order valence-electron chi connectivity index (χ2n) is 1.31. The van der Waals surface area contributed by atoms with Crippen LogP contribution in [0.25, 0.3) is 0 Å². The van der Waals surface area contributed by atoms with Gasteiger partial charge in [-0.1, -0.05) is 19.2 Å². The molecular formula is C3H9Cl2O3PS. The lowest BCUT2D eigenvalue weighted by Crippen LogP contribution is -1.75. The van der Waals surface area contributed by atoms with E-state index in [4.69, 9.17) is 33.0 Å². The van der Waals surface area contributed by atoms with Gasteiger partial charge in [-0.25, -0.2) is 4.57 Å². The van der Waals surface area contributed by atoms with Gasteiger partial charge in [0.05, 0.1) is 0 Å². The Labute approximate surface area is 75.0 Å². The maximum absolute atomic E-state index is 9.19. The maximum atomic E-state index is 9.19. The zero-order chi connectivity index (χ0) is 8.78. The van der Waals surface area contributed by atoms with Crippen LogP contribution in [0.2, 0.25) is 0 Å². The summed E-state index contributed by atoms with van der Waals surface area (Å²) in [6, 6.07) is 0. The Morgan fingerprint density at radius 2 is 1.70 bits per heavy atom. The summed E-state index contributed by atoms with van der Waals surface area (Å²) in [6.07, 6.45) is 0.836. The number of alkyl halides is 2. The van der Waals surface area contributed by atoms with E-state index in [0.29, 0.717) is 0 Å². The summed E-state index contributed by atoms with van der Waals surface area (Å²) in [7, 11) is 0. The minimum atomic E-state index is -3.94. The molecule has 0 rings (SSSR count). The fourth-order valence-corrected chi connectivity index (χ4v) is 0. The molecular weight excluding hydrogens is 218 g/mol. The first-order valence-electron chi connectivity index (χ1n) is 2.33. The molecule has 0 saturated heterocycles. The highest BCUT2D eigenvalue weighted by Crippen LogP contribution is 2.39. The molecule has 2 N–H and O–H groups in total. The van der Waals surface area contributed by atoms with E-state index in [1.165, 1.54) is 0 Å². The van der Waals surface area contributed by atoms with E-state index in [1.54, 1.807) is 0 Å². The van der Waals surface area contributed by atoms with E-state index in [-0.39, 0.29) is 4.84 Å². The van der Waals surface area contributed by atoms with Crippen LogP contribution in [0.3, 0.4) is 0 Å². The largest absolute Gasteiger partial charge is 0.380 e. The van der Waals surface area contributed by atoms with Crippen LogP contribution in [0.15, 0.2) is 0 Å². The van der Waals surface area contributed by atoms with Gasteiger partial charge in [0.2, 0.25) is 0 Å². The molecule has 7 heteroatoms. The molecule has 0 spiro atoms. The lowest BCUT2D eigenvalue weighted by atomic mass is 10.6. The van der Waals surface area contributed by atoms with Crippen molar-refractivity contribution < 1.29 is 14.4 Å². The average molecular weight is 227 g/mol. The minimum Gasteiger partial charge on any atom is -0.317 e. The van der Waals surface area contributed by atoms with Gasteiger partial charge in [0.15, 0.2) is 0 Å². The summed E-state index contributed by atoms with van der Waals surface area (Å²) in [5.41, 5.74) is 0. The molecule has 0 aromatic carbocycles. The Kier molecular flexibility index (Phi) is 9.24. The number of thiol groups is 1. The fraction of sp³-hybridized carbons (Fsp3) is 1.00. The lowest BCUT2D eigenvalue weighted by molar-refractivity contribution is 0.397. The highest BCUT2D eigenvalue weighted by atomic mass is 35.5. The smallest absolute Gasteiger partial charge is 0.317 e. The van der Waals surface area contributed by atoms with Crippen molar-refractivity contribution in [1.29, 1.82) is 0 Å². The third kappa shape index (κ3) is 62.5. The van der Waals surface area contributed by atoms with Crippen LogP contribution in [0, 0.1) is 0 Å². The van der Waals surface area contributed by atoms with Crippen LogP contribution < -0.4 is 0 Å². The lowest BCUT2D eigenvalue weighted by Gasteiger charge is -1.84. The van der Waals surface area contributed by atoms with Gasteiger partial charge in [0.25, 0.3) is 0 Å². The van der Waals surface area contributed by atoms with Crippen LogP contribution in [-0.4, -0.2) is 14.6 Å². The van der Waals surface area contributed by atoms with Crippen molar-refractivity contribution in [3.8, 4) is 0 Å². The van der Waals surface area contributed by atoms with Gasteiger partial charge in [0, 0.05) is 0 Å². The summed E-state index contributed by atoms with van der Waals surface area (Å²) < 4.78 is 9.19. The van der Waals surface area contributed by atoms with Gasteiger partial charge in [-0.05, 0) is 6.42 Å². The summed E-state index contributed by atoms with van der Waals surface area (Å²) in [6.45, 7) is -2.01. The first-order chi connectivity index (χ1) is 4.27.